The highest BCUT2D eigenvalue weighted by molar-refractivity contribution is 5.90. The Morgan fingerprint density at radius 2 is 2.43 bits per heavy atom. The number of esters is 1. The van der Waals surface area contributed by atoms with Gasteiger partial charge in [-0.3, -0.25) is 0 Å². The van der Waals surface area contributed by atoms with Crippen LogP contribution in [0.25, 0.3) is 0 Å². The molecule has 0 aliphatic heterocycles. The van der Waals surface area contributed by atoms with Gasteiger partial charge in [0.2, 0.25) is 0 Å². The van der Waals surface area contributed by atoms with Gasteiger partial charge in [0.05, 0.1) is 7.11 Å². The predicted octanol–water partition coefficient (Wildman–Crippen LogP) is 2.09. The molecule has 2 bridgehead atoms. The molecular weight excluding hydrogens is 176 g/mol. The van der Waals surface area contributed by atoms with Crippen LogP contribution in [0.2, 0.25) is 0 Å². The fourth-order valence-corrected chi connectivity index (χ4v) is 2.28. The van der Waals surface area contributed by atoms with Gasteiger partial charge in [-0.2, -0.15) is 0 Å². The van der Waals surface area contributed by atoms with Crippen LogP contribution in [0.3, 0.4) is 0 Å². The molecule has 1 unspecified atom stereocenters. The summed E-state index contributed by atoms with van der Waals surface area (Å²) < 4.78 is 4.76. The quantitative estimate of drug-likeness (QED) is 0.492. The molecule has 0 saturated heterocycles. The van der Waals surface area contributed by atoms with E-state index in [-0.39, 0.29) is 11.9 Å². The van der Waals surface area contributed by atoms with Gasteiger partial charge in [-0.1, -0.05) is 24.3 Å². The lowest BCUT2D eigenvalue weighted by molar-refractivity contribution is -0.136. The molecule has 3 atom stereocenters. The summed E-state index contributed by atoms with van der Waals surface area (Å²) >= 11 is 0. The van der Waals surface area contributed by atoms with E-state index < -0.39 is 0 Å². The molecule has 0 radical (unpaired) electrons. The first-order valence-corrected chi connectivity index (χ1v) is 4.87. The molecular formula is C12H14O2. The minimum atomic E-state index is -0.202. The van der Waals surface area contributed by atoms with Crippen LogP contribution >= 0.6 is 0 Å². The van der Waals surface area contributed by atoms with Crippen molar-refractivity contribution in [3.63, 3.8) is 0 Å². The molecule has 0 fully saturated rings. The maximum absolute atomic E-state index is 11.5. The first kappa shape index (κ1) is 9.25. The topological polar surface area (TPSA) is 26.3 Å². The fourth-order valence-electron chi connectivity index (χ4n) is 2.28. The van der Waals surface area contributed by atoms with Gasteiger partial charge in [0, 0.05) is 17.4 Å². The Bertz CT molecular complexity index is 325. The molecule has 2 aliphatic carbocycles. The fraction of sp³-hybridized carbons (Fsp3) is 0.417. The third-order valence-electron chi connectivity index (χ3n) is 3.08. The SMILES string of the molecule is C=C[C@@H]1C=C(C(=O)OC)[C@@H]2C=CC1C2. The molecule has 14 heavy (non-hydrogen) atoms. The monoisotopic (exact) mass is 190 g/mol. The smallest absolute Gasteiger partial charge is 0.334 e. The maximum Gasteiger partial charge on any atom is 0.334 e. The van der Waals surface area contributed by atoms with E-state index in [0.717, 1.165) is 12.0 Å². The van der Waals surface area contributed by atoms with Crippen LogP contribution in [0, 0.1) is 17.8 Å². The lowest BCUT2D eigenvalue weighted by Crippen LogP contribution is -2.21. The minimum Gasteiger partial charge on any atom is -0.466 e. The van der Waals surface area contributed by atoms with E-state index in [4.69, 9.17) is 4.74 Å². The number of methoxy groups -OCH3 is 1. The molecule has 0 aromatic rings. The summed E-state index contributed by atoms with van der Waals surface area (Å²) in [5.74, 6) is 0.889. The molecule has 74 valence electrons. The number of allylic oxidation sites excluding steroid dienone is 4. The molecule has 2 heteroatoms. The van der Waals surface area contributed by atoms with Crippen LogP contribution in [-0.4, -0.2) is 13.1 Å². The molecule has 0 amide bonds. The predicted molar refractivity (Wildman–Crippen MR) is 54.5 cm³/mol. The summed E-state index contributed by atoms with van der Waals surface area (Å²) in [5, 5.41) is 0. The molecule has 0 aromatic carbocycles. The summed E-state index contributed by atoms with van der Waals surface area (Å²) in [5.41, 5.74) is 0.794. The Morgan fingerprint density at radius 3 is 3.07 bits per heavy atom. The van der Waals surface area contributed by atoms with E-state index in [1.165, 1.54) is 7.11 Å². The van der Waals surface area contributed by atoms with Gasteiger partial charge in [-0.25, -0.2) is 4.79 Å². The van der Waals surface area contributed by atoms with Gasteiger partial charge in [0.1, 0.15) is 0 Å². The van der Waals surface area contributed by atoms with Gasteiger partial charge < -0.3 is 4.74 Å². The van der Waals surface area contributed by atoms with E-state index in [1.807, 2.05) is 12.2 Å². The number of ether oxygens (including phenoxy) is 1. The molecule has 2 aliphatic rings. The van der Waals surface area contributed by atoms with Gasteiger partial charge >= 0.3 is 5.97 Å². The number of hydrogen-bond donors (Lipinski definition) is 0. The molecule has 0 heterocycles. The second-order valence-corrected chi connectivity index (χ2v) is 3.82. The average Bonchev–Trinajstić information content (AvgIpc) is 2.62. The summed E-state index contributed by atoms with van der Waals surface area (Å²) in [6, 6.07) is 0. The zero-order chi connectivity index (χ0) is 10.1. The molecule has 0 saturated carbocycles. The largest absolute Gasteiger partial charge is 0.466 e. The van der Waals surface area contributed by atoms with Crippen molar-refractivity contribution in [2.24, 2.45) is 17.8 Å². The lowest BCUT2D eigenvalue weighted by atomic mass is 9.80. The van der Waals surface area contributed by atoms with Crippen LogP contribution in [0.5, 0.6) is 0 Å². The number of carbonyl (C=O) groups excluding carboxylic acids is 1. The second-order valence-electron chi connectivity index (χ2n) is 3.82. The highest BCUT2D eigenvalue weighted by Gasteiger charge is 2.34. The van der Waals surface area contributed by atoms with Crippen molar-refractivity contribution in [2.45, 2.75) is 6.42 Å². The number of hydrogen-bond acceptors (Lipinski definition) is 2. The van der Waals surface area contributed by atoms with Crippen molar-refractivity contribution in [3.05, 3.63) is 36.5 Å². The second kappa shape index (κ2) is 3.45. The first-order valence-electron chi connectivity index (χ1n) is 4.87. The first-order chi connectivity index (χ1) is 6.76. The minimum absolute atomic E-state index is 0.202. The summed E-state index contributed by atoms with van der Waals surface area (Å²) in [7, 11) is 1.43. The van der Waals surface area contributed by atoms with Crippen molar-refractivity contribution in [3.8, 4) is 0 Å². The Balaban J connectivity index is 2.31. The molecule has 2 nitrogen and oxygen atoms in total. The Kier molecular flexibility index (Phi) is 2.28. The molecule has 0 aromatic heterocycles. The molecule has 2 rings (SSSR count). The van der Waals surface area contributed by atoms with Crippen molar-refractivity contribution in [1.82, 2.24) is 0 Å². The third-order valence-corrected chi connectivity index (χ3v) is 3.08. The number of rotatable bonds is 2. The van der Waals surface area contributed by atoms with Crippen LogP contribution in [-0.2, 0) is 9.53 Å². The summed E-state index contributed by atoms with van der Waals surface area (Å²) in [4.78, 5) is 11.5. The average molecular weight is 190 g/mol. The summed E-state index contributed by atoms with van der Waals surface area (Å²) in [6.07, 6.45) is 9.22. The maximum atomic E-state index is 11.5. The lowest BCUT2D eigenvalue weighted by Gasteiger charge is -2.24. The standard InChI is InChI=1S/C12H14O2/c1-3-8-7-11(12(13)14-2)10-5-4-9(8)6-10/h3-5,7-10H,1,6H2,2H3/t8-,9?,10-/m1/s1. The summed E-state index contributed by atoms with van der Waals surface area (Å²) in [6.45, 7) is 3.79. The zero-order valence-electron chi connectivity index (χ0n) is 8.27. The van der Waals surface area contributed by atoms with Gasteiger partial charge in [-0.15, -0.1) is 6.58 Å². The highest BCUT2D eigenvalue weighted by atomic mass is 16.5. The normalized spacial score (nSPS) is 33.8. The highest BCUT2D eigenvalue weighted by Crippen LogP contribution is 2.40. The van der Waals surface area contributed by atoms with Gasteiger partial charge in [0.15, 0.2) is 0 Å². The molecule has 0 N–H and O–H groups in total. The zero-order valence-corrected chi connectivity index (χ0v) is 8.27. The van der Waals surface area contributed by atoms with Crippen molar-refractivity contribution < 1.29 is 9.53 Å². The van der Waals surface area contributed by atoms with Crippen molar-refractivity contribution in [2.75, 3.05) is 7.11 Å². The number of carbonyl (C=O) groups is 1. The number of fused-ring (bicyclic) bond motifs is 2. The van der Waals surface area contributed by atoms with Crippen LogP contribution in [0.15, 0.2) is 36.5 Å². The Hall–Kier alpha value is -1.31. The van der Waals surface area contributed by atoms with E-state index in [1.54, 1.807) is 0 Å². The van der Waals surface area contributed by atoms with E-state index in [2.05, 4.69) is 18.7 Å². The van der Waals surface area contributed by atoms with E-state index >= 15 is 0 Å². The Morgan fingerprint density at radius 1 is 1.64 bits per heavy atom. The van der Waals surface area contributed by atoms with E-state index in [0.29, 0.717) is 11.8 Å². The van der Waals surface area contributed by atoms with Gasteiger partial charge in [-0.05, 0) is 12.3 Å². The van der Waals surface area contributed by atoms with E-state index in [9.17, 15) is 4.79 Å². The van der Waals surface area contributed by atoms with Crippen molar-refractivity contribution in [1.29, 1.82) is 0 Å². The Labute approximate surface area is 83.9 Å². The molecule has 0 spiro atoms. The van der Waals surface area contributed by atoms with Gasteiger partial charge in [0.25, 0.3) is 0 Å². The van der Waals surface area contributed by atoms with Crippen LogP contribution in [0.1, 0.15) is 6.42 Å². The van der Waals surface area contributed by atoms with Crippen LogP contribution in [0.4, 0.5) is 0 Å². The van der Waals surface area contributed by atoms with Crippen LogP contribution < -0.4 is 0 Å². The van der Waals surface area contributed by atoms with Crippen molar-refractivity contribution >= 4 is 5.97 Å². The third kappa shape index (κ3) is 1.31.